The third kappa shape index (κ3) is 4.74. The lowest BCUT2D eigenvalue weighted by Crippen LogP contribution is -2.32. The normalized spacial score (nSPS) is 9.80. The predicted molar refractivity (Wildman–Crippen MR) is 74.6 cm³/mol. The van der Waals surface area contributed by atoms with Crippen LogP contribution in [0.25, 0.3) is 0 Å². The predicted octanol–water partition coefficient (Wildman–Crippen LogP) is 2.58. The molecule has 0 spiro atoms. The summed E-state index contributed by atoms with van der Waals surface area (Å²) in [5.74, 6) is -0.538. The minimum atomic E-state index is -0.656. The molecule has 6 heteroatoms. The Morgan fingerprint density at radius 2 is 1.90 bits per heavy atom. The van der Waals surface area contributed by atoms with Crippen molar-refractivity contribution >= 4 is 23.4 Å². The van der Waals surface area contributed by atoms with Crippen molar-refractivity contribution in [2.24, 2.45) is 0 Å². The standard InChI is InChI=1S/C14H13NO4S/c16-12(19-13-7-4-8-20-13)9-15-14(17)18-10-11-5-2-1-3-6-11/h1-8H,9-10H2,(H,15,17). The van der Waals surface area contributed by atoms with E-state index in [0.29, 0.717) is 5.06 Å². The van der Waals surface area contributed by atoms with Gasteiger partial charge in [-0.2, -0.15) is 0 Å². The van der Waals surface area contributed by atoms with Crippen LogP contribution in [0.1, 0.15) is 5.56 Å². The van der Waals surface area contributed by atoms with Gasteiger partial charge in [-0.25, -0.2) is 9.59 Å². The highest BCUT2D eigenvalue weighted by atomic mass is 32.1. The molecule has 5 nitrogen and oxygen atoms in total. The average Bonchev–Trinajstić information content (AvgIpc) is 2.97. The smallest absolute Gasteiger partial charge is 0.407 e. The van der Waals surface area contributed by atoms with Gasteiger partial charge in [0.1, 0.15) is 13.2 Å². The van der Waals surface area contributed by atoms with Gasteiger partial charge in [-0.1, -0.05) is 30.3 Å². The van der Waals surface area contributed by atoms with E-state index >= 15 is 0 Å². The van der Waals surface area contributed by atoms with Crippen molar-refractivity contribution < 1.29 is 19.1 Å². The summed E-state index contributed by atoms with van der Waals surface area (Å²) in [4.78, 5) is 22.8. The summed E-state index contributed by atoms with van der Waals surface area (Å²) in [7, 11) is 0. The number of amides is 1. The fraction of sp³-hybridized carbons (Fsp3) is 0.143. The van der Waals surface area contributed by atoms with Crippen molar-refractivity contribution in [3.63, 3.8) is 0 Å². The summed E-state index contributed by atoms with van der Waals surface area (Å²) in [6.07, 6.45) is -0.656. The van der Waals surface area contributed by atoms with Crippen LogP contribution in [0.2, 0.25) is 0 Å². The van der Waals surface area contributed by atoms with E-state index in [9.17, 15) is 9.59 Å². The molecule has 0 unspecified atom stereocenters. The number of hydrogen-bond donors (Lipinski definition) is 1. The molecule has 0 saturated heterocycles. The Kier molecular flexibility index (Phi) is 5.14. The van der Waals surface area contributed by atoms with Crippen LogP contribution in [0.3, 0.4) is 0 Å². The number of esters is 1. The quantitative estimate of drug-likeness (QED) is 0.860. The highest BCUT2D eigenvalue weighted by Gasteiger charge is 2.09. The van der Waals surface area contributed by atoms with Gasteiger partial charge in [0.15, 0.2) is 5.06 Å². The Morgan fingerprint density at radius 3 is 2.60 bits per heavy atom. The minimum Gasteiger partial charge on any atom is -0.445 e. The van der Waals surface area contributed by atoms with Crippen molar-refractivity contribution in [3.05, 3.63) is 53.4 Å². The summed E-state index contributed by atoms with van der Waals surface area (Å²) < 4.78 is 9.94. The molecule has 20 heavy (non-hydrogen) atoms. The van der Waals surface area contributed by atoms with Crippen molar-refractivity contribution in [2.45, 2.75) is 6.61 Å². The molecule has 1 N–H and O–H groups in total. The molecule has 1 amide bonds. The van der Waals surface area contributed by atoms with Crippen LogP contribution in [0.5, 0.6) is 5.06 Å². The summed E-state index contributed by atoms with van der Waals surface area (Å²) in [6.45, 7) is -0.0713. The largest absolute Gasteiger partial charge is 0.445 e. The topological polar surface area (TPSA) is 64.6 Å². The van der Waals surface area contributed by atoms with E-state index in [2.05, 4.69) is 5.32 Å². The number of thiophene rings is 1. The first-order chi connectivity index (χ1) is 9.74. The maximum atomic E-state index is 11.4. The second-order valence-corrected chi connectivity index (χ2v) is 4.73. The molecule has 2 rings (SSSR count). The van der Waals surface area contributed by atoms with E-state index in [0.717, 1.165) is 5.56 Å². The maximum absolute atomic E-state index is 11.4. The minimum absolute atomic E-state index is 0.159. The molecule has 1 aromatic heterocycles. The number of rotatable bonds is 5. The van der Waals surface area contributed by atoms with Gasteiger partial charge in [0, 0.05) is 0 Å². The van der Waals surface area contributed by atoms with E-state index in [1.807, 2.05) is 30.3 Å². The molecule has 0 aliphatic carbocycles. The van der Waals surface area contributed by atoms with E-state index in [-0.39, 0.29) is 13.2 Å². The van der Waals surface area contributed by atoms with Gasteiger partial charge >= 0.3 is 12.1 Å². The molecule has 0 bridgehead atoms. The van der Waals surface area contributed by atoms with Gasteiger partial charge in [0.2, 0.25) is 0 Å². The van der Waals surface area contributed by atoms with Crippen LogP contribution in [0, 0.1) is 0 Å². The van der Waals surface area contributed by atoms with Gasteiger partial charge in [0.25, 0.3) is 0 Å². The molecule has 1 aromatic carbocycles. The highest BCUT2D eigenvalue weighted by molar-refractivity contribution is 7.11. The third-order valence-corrected chi connectivity index (χ3v) is 3.04. The van der Waals surface area contributed by atoms with Crippen LogP contribution in [-0.4, -0.2) is 18.6 Å². The second kappa shape index (κ2) is 7.30. The fourth-order valence-electron chi connectivity index (χ4n) is 1.39. The summed E-state index contributed by atoms with van der Waals surface area (Å²) in [5, 5.41) is 4.62. The molecule has 1 heterocycles. The lowest BCUT2D eigenvalue weighted by atomic mass is 10.2. The Morgan fingerprint density at radius 1 is 1.10 bits per heavy atom. The molecular weight excluding hydrogens is 278 g/mol. The molecule has 0 atom stereocenters. The average molecular weight is 291 g/mol. The summed E-state index contributed by atoms with van der Waals surface area (Å²) in [5.41, 5.74) is 0.879. The van der Waals surface area contributed by atoms with Gasteiger partial charge < -0.3 is 14.8 Å². The number of carbonyl (C=O) groups is 2. The highest BCUT2D eigenvalue weighted by Crippen LogP contribution is 2.17. The number of benzene rings is 1. The van der Waals surface area contributed by atoms with Gasteiger partial charge in [0.05, 0.1) is 0 Å². The van der Waals surface area contributed by atoms with Gasteiger partial charge in [-0.15, -0.1) is 11.3 Å². The van der Waals surface area contributed by atoms with Crippen LogP contribution in [-0.2, 0) is 16.1 Å². The van der Waals surface area contributed by atoms with Crippen molar-refractivity contribution in [3.8, 4) is 5.06 Å². The molecule has 0 radical (unpaired) electrons. The van der Waals surface area contributed by atoms with E-state index in [1.165, 1.54) is 11.3 Å². The Balaban J connectivity index is 1.66. The molecule has 0 saturated carbocycles. The monoisotopic (exact) mass is 291 g/mol. The number of alkyl carbamates (subject to hydrolysis) is 1. The van der Waals surface area contributed by atoms with Crippen LogP contribution in [0.15, 0.2) is 47.8 Å². The van der Waals surface area contributed by atoms with E-state index in [1.54, 1.807) is 17.5 Å². The third-order valence-electron chi connectivity index (χ3n) is 2.30. The molecule has 2 aromatic rings. The Hall–Kier alpha value is -2.34. The zero-order valence-electron chi connectivity index (χ0n) is 10.6. The first-order valence-electron chi connectivity index (χ1n) is 5.93. The number of ether oxygens (including phenoxy) is 2. The van der Waals surface area contributed by atoms with E-state index < -0.39 is 12.1 Å². The number of hydrogen-bond acceptors (Lipinski definition) is 5. The van der Waals surface area contributed by atoms with Crippen LogP contribution < -0.4 is 10.1 Å². The summed E-state index contributed by atoms with van der Waals surface area (Å²) >= 11 is 1.31. The Bertz CT molecular complexity index is 554. The fourth-order valence-corrected chi connectivity index (χ4v) is 1.98. The maximum Gasteiger partial charge on any atom is 0.407 e. The first-order valence-corrected chi connectivity index (χ1v) is 6.81. The number of carbonyl (C=O) groups excluding carboxylic acids is 2. The molecular formula is C14H13NO4S. The lowest BCUT2D eigenvalue weighted by Gasteiger charge is -2.06. The molecule has 0 aliphatic rings. The number of nitrogens with one attached hydrogen (secondary N) is 1. The SMILES string of the molecule is O=C(CNC(=O)OCc1ccccc1)Oc1cccs1. The zero-order valence-corrected chi connectivity index (χ0v) is 11.4. The molecule has 0 aliphatic heterocycles. The van der Waals surface area contributed by atoms with Crippen LogP contribution >= 0.6 is 11.3 Å². The van der Waals surface area contributed by atoms with Crippen molar-refractivity contribution in [2.75, 3.05) is 6.54 Å². The summed E-state index contributed by atoms with van der Waals surface area (Å²) in [6, 6.07) is 12.7. The van der Waals surface area contributed by atoms with E-state index in [4.69, 9.17) is 9.47 Å². The van der Waals surface area contributed by atoms with Gasteiger partial charge in [-0.3, -0.25) is 0 Å². The molecule has 104 valence electrons. The van der Waals surface area contributed by atoms with Crippen molar-refractivity contribution in [1.29, 1.82) is 0 Å². The molecule has 0 fully saturated rings. The van der Waals surface area contributed by atoms with Crippen molar-refractivity contribution in [1.82, 2.24) is 5.32 Å². The Labute approximate surface area is 120 Å². The zero-order chi connectivity index (χ0) is 14.2. The lowest BCUT2D eigenvalue weighted by molar-refractivity contribution is -0.133. The van der Waals surface area contributed by atoms with Crippen LogP contribution in [0.4, 0.5) is 4.79 Å². The second-order valence-electron chi connectivity index (χ2n) is 3.82. The first kappa shape index (κ1) is 14.1. The van der Waals surface area contributed by atoms with Gasteiger partial charge in [-0.05, 0) is 23.1 Å².